The molecule has 0 unspecified atom stereocenters. The van der Waals surface area contributed by atoms with Crippen molar-refractivity contribution in [3.8, 4) is 0 Å². The minimum atomic E-state index is -1.14. The Morgan fingerprint density at radius 2 is 2.15 bits per heavy atom. The Balaban J connectivity index is 1.99. The van der Waals surface area contributed by atoms with Gasteiger partial charge < -0.3 is 10.4 Å². The van der Waals surface area contributed by atoms with Gasteiger partial charge in [0.25, 0.3) is 0 Å². The summed E-state index contributed by atoms with van der Waals surface area (Å²) in [5.74, 6) is -0.786. The topological polar surface area (TPSA) is 110 Å². The SMILES string of the molecule is CCC1CCC(NC(=O)Cn2cnnn2)(C(=O)O)CC1. The maximum Gasteiger partial charge on any atom is 0.329 e. The van der Waals surface area contributed by atoms with E-state index in [1.165, 1.54) is 11.0 Å². The lowest BCUT2D eigenvalue weighted by Gasteiger charge is -2.37. The van der Waals surface area contributed by atoms with Crippen LogP contribution in [0.3, 0.4) is 0 Å². The number of carboxylic acid groups (broad SMARTS) is 1. The molecule has 20 heavy (non-hydrogen) atoms. The van der Waals surface area contributed by atoms with Gasteiger partial charge in [0.1, 0.15) is 18.4 Å². The van der Waals surface area contributed by atoms with Crippen LogP contribution in [0.4, 0.5) is 0 Å². The number of carboxylic acids is 1. The molecule has 1 saturated carbocycles. The van der Waals surface area contributed by atoms with Crippen molar-refractivity contribution in [3.05, 3.63) is 6.33 Å². The van der Waals surface area contributed by atoms with Crippen molar-refractivity contribution in [3.63, 3.8) is 0 Å². The summed E-state index contributed by atoms with van der Waals surface area (Å²) in [6.07, 6.45) is 4.97. The molecule has 0 atom stereocenters. The van der Waals surface area contributed by atoms with E-state index in [-0.39, 0.29) is 12.5 Å². The number of nitrogens with zero attached hydrogens (tertiary/aromatic N) is 4. The Hall–Kier alpha value is -1.99. The number of carbonyl (C=O) groups is 2. The van der Waals surface area contributed by atoms with Crippen molar-refractivity contribution in [2.75, 3.05) is 0 Å². The van der Waals surface area contributed by atoms with Crippen LogP contribution < -0.4 is 5.32 Å². The summed E-state index contributed by atoms with van der Waals surface area (Å²) >= 11 is 0. The van der Waals surface area contributed by atoms with E-state index in [1.807, 2.05) is 0 Å². The van der Waals surface area contributed by atoms with Crippen molar-refractivity contribution in [1.29, 1.82) is 0 Å². The Kier molecular flexibility index (Phi) is 4.31. The lowest BCUT2D eigenvalue weighted by molar-refractivity contribution is -0.150. The van der Waals surface area contributed by atoms with E-state index in [2.05, 4.69) is 27.8 Å². The second-order valence-corrected chi connectivity index (χ2v) is 5.29. The molecule has 0 saturated heterocycles. The third-order valence-electron chi connectivity index (χ3n) is 4.02. The van der Waals surface area contributed by atoms with Gasteiger partial charge in [-0.3, -0.25) is 4.79 Å². The van der Waals surface area contributed by atoms with Crippen molar-refractivity contribution in [2.45, 2.75) is 51.1 Å². The molecule has 1 aliphatic carbocycles. The molecule has 1 aliphatic rings. The standard InChI is InChI=1S/C12H19N5O3/c1-2-9-3-5-12(6-4-9,11(19)20)14-10(18)7-17-8-13-15-16-17/h8-9H,2-7H2,1H3,(H,14,18)(H,19,20). The van der Waals surface area contributed by atoms with Crippen molar-refractivity contribution < 1.29 is 14.7 Å². The number of rotatable bonds is 5. The number of amides is 1. The van der Waals surface area contributed by atoms with Gasteiger partial charge in [0.15, 0.2) is 0 Å². The summed E-state index contributed by atoms with van der Waals surface area (Å²) in [7, 11) is 0. The zero-order valence-corrected chi connectivity index (χ0v) is 11.4. The highest BCUT2D eigenvalue weighted by Crippen LogP contribution is 2.34. The molecule has 8 nitrogen and oxygen atoms in total. The Morgan fingerprint density at radius 3 is 2.65 bits per heavy atom. The minimum Gasteiger partial charge on any atom is -0.480 e. The third-order valence-corrected chi connectivity index (χ3v) is 4.02. The van der Waals surface area contributed by atoms with Crippen LogP contribution >= 0.6 is 0 Å². The third kappa shape index (κ3) is 3.12. The molecule has 0 aromatic carbocycles. The van der Waals surface area contributed by atoms with Crippen LogP contribution in [0.15, 0.2) is 6.33 Å². The smallest absolute Gasteiger partial charge is 0.329 e. The van der Waals surface area contributed by atoms with Gasteiger partial charge in [-0.1, -0.05) is 13.3 Å². The summed E-state index contributed by atoms with van der Waals surface area (Å²) in [6.45, 7) is 2.04. The van der Waals surface area contributed by atoms with Gasteiger partial charge in [-0.25, -0.2) is 9.48 Å². The van der Waals surface area contributed by atoms with E-state index >= 15 is 0 Å². The fraction of sp³-hybridized carbons (Fsp3) is 0.750. The van der Waals surface area contributed by atoms with Crippen LogP contribution in [-0.4, -0.2) is 42.7 Å². The molecule has 1 aromatic rings. The molecule has 2 rings (SSSR count). The lowest BCUT2D eigenvalue weighted by atomic mass is 9.75. The van der Waals surface area contributed by atoms with Gasteiger partial charge >= 0.3 is 5.97 Å². The molecule has 1 heterocycles. The summed E-state index contributed by atoms with van der Waals surface area (Å²) in [5.41, 5.74) is -1.14. The number of carbonyl (C=O) groups excluding carboxylic acids is 1. The van der Waals surface area contributed by atoms with Crippen LogP contribution in [0, 0.1) is 5.92 Å². The predicted octanol–water partition coefficient (Wildman–Crippen LogP) is 0.213. The summed E-state index contributed by atoms with van der Waals surface area (Å²) < 4.78 is 1.27. The maximum absolute atomic E-state index is 11.9. The van der Waals surface area contributed by atoms with Crippen LogP contribution in [0.1, 0.15) is 39.0 Å². The highest BCUT2D eigenvalue weighted by molar-refractivity contribution is 5.87. The molecule has 110 valence electrons. The number of nitrogens with one attached hydrogen (secondary N) is 1. The average molecular weight is 281 g/mol. The summed E-state index contributed by atoms with van der Waals surface area (Å²) in [6, 6.07) is 0. The number of aromatic nitrogens is 4. The van der Waals surface area contributed by atoms with E-state index in [4.69, 9.17) is 0 Å². The molecule has 1 fully saturated rings. The molecular formula is C12H19N5O3. The van der Waals surface area contributed by atoms with Crippen molar-refractivity contribution in [1.82, 2.24) is 25.5 Å². The molecule has 1 amide bonds. The van der Waals surface area contributed by atoms with Crippen molar-refractivity contribution >= 4 is 11.9 Å². The maximum atomic E-state index is 11.9. The predicted molar refractivity (Wildman–Crippen MR) is 68.6 cm³/mol. The normalized spacial score (nSPS) is 26.1. The number of hydrogen-bond donors (Lipinski definition) is 2. The molecule has 0 aliphatic heterocycles. The van der Waals surface area contributed by atoms with Gasteiger partial charge in [-0.2, -0.15) is 0 Å². The van der Waals surface area contributed by atoms with E-state index < -0.39 is 11.5 Å². The molecule has 0 bridgehead atoms. The van der Waals surface area contributed by atoms with Crippen LogP contribution in [0.25, 0.3) is 0 Å². The van der Waals surface area contributed by atoms with Gasteiger partial charge in [0, 0.05) is 0 Å². The van der Waals surface area contributed by atoms with E-state index in [1.54, 1.807) is 0 Å². The zero-order chi connectivity index (χ0) is 14.6. The van der Waals surface area contributed by atoms with E-state index in [9.17, 15) is 14.7 Å². The first-order valence-corrected chi connectivity index (χ1v) is 6.81. The summed E-state index contributed by atoms with van der Waals surface area (Å²) in [5, 5.41) is 22.6. The minimum absolute atomic E-state index is 0.0702. The molecule has 1 aromatic heterocycles. The van der Waals surface area contributed by atoms with Crippen LogP contribution in [0.2, 0.25) is 0 Å². The number of hydrogen-bond acceptors (Lipinski definition) is 5. The second-order valence-electron chi connectivity index (χ2n) is 5.29. The monoisotopic (exact) mass is 281 g/mol. The first kappa shape index (κ1) is 14.4. The fourth-order valence-corrected chi connectivity index (χ4v) is 2.68. The quantitative estimate of drug-likeness (QED) is 0.798. The molecule has 0 radical (unpaired) electrons. The van der Waals surface area contributed by atoms with Gasteiger partial charge in [-0.05, 0) is 42.0 Å². The summed E-state index contributed by atoms with van der Waals surface area (Å²) in [4.78, 5) is 23.5. The van der Waals surface area contributed by atoms with Gasteiger partial charge in [0.2, 0.25) is 5.91 Å². The zero-order valence-electron chi connectivity index (χ0n) is 11.4. The largest absolute Gasteiger partial charge is 0.480 e. The second kappa shape index (κ2) is 5.98. The average Bonchev–Trinajstić information content (AvgIpc) is 2.92. The first-order chi connectivity index (χ1) is 9.55. The Bertz CT molecular complexity index is 465. The van der Waals surface area contributed by atoms with Crippen molar-refractivity contribution in [2.24, 2.45) is 5.92 Å². The van der Waals surface area contributed by atoms with Crippen LogP contribution in [-0.2, 0) is 16.1 Å². The van der Waals surface area contributed by atoms with Gasteiger partial charge in [0.05, 0.1) is 0 Å². The van der Waals surface area contributed by atoms with Gasteiger partial charge in [-0.15, -0.1) is 5.10 Å². The Labute approximate surface area is 116 Å². The molecule has 0 spiro atoms. The Morgan fingerprint density at radius 1 is 1.45 bits per heavy atom. The molecular weight excluding hydrogens is 262 g/mol. The molecule has 2 N–H and O–H groups in total. The van der Waals surface area contributed by atoms with E-state index in [0.29, 0.717) is 18.8 Å². The highest BCUT2D eigenvalue weighted by atomic mass is 16.4. The van der Waals surface area contributed by atoms with Crippen LogP contribution in [0.5, 0.6) is 0 Å². The lowest BCUT2D eigenvalue weighted by Crippen LogP contribution is -2.57. The number of aliphatic carboxylic acids is 1. The number of tetrazole rings is 1. The van der Waals surface area contributed by atoms with E-state index in [0.717, 1.165) is 19.3 Å². The highest BCUT2D eigenvalue weighted by Gasteiger charge is 2.42. The fourth-order valence-electron chi connectivity index (χ4n) is 2.68. The molecule has 8 heteroatoms. The first-order valence-electron chi connectivity index (χ1n) is 6.81.